The zero-order valence-corrected chi connectivity index (χ0v) is 11.5. The standard InChI is InChI=1S/C13H16F3N3O2/c1-8-10(4-5-11(18-8)13(14,15)16)19-12(20)17-7-9-3-2-6-21-9/h4-5,9H,2-3,6-7H2,1H3,(H2,17,19,20)/t9-/m1/s1. The average Bonchev–Trinajstić information content (AvgIpc) is 2.91. The lowest BCUT2D eigenvalue weighted by Crippen LogP contribution is -2.35. The van der Waals surface area contributed by atoms with Crippen molar-refractivity contribution >= 4 is 11.7 Å². The zero-order valence-electron chi connectivity index (χ0n) is 11.5. The molecule has 0 aliphatic carbocycles. The number of nitrogens with one attached hydrogen (secondary N) is 2. The van der Waals surface area contributed by atoms with Crippen molar-refractivity contribution in [1.29, 1.82) is 0 Å². The van der Waals surface area contributed by atoms with Crippen LogP contribution < -0.4 is 10.6 Å². The van der Waals surface area contributed by atoms with Crippen molar-refractivity contribution in [3.8, 4) is 0 Å². The summed E-state index contributed by atoms with van der Waals surface area (Å²) in [5, 5.41) is 5.10. The molecule has 5 nitrogen and oxygen atoms in total. The molecule has 0 aromatic carbocycles. The highest BCUT2D eigenvalue weighted by Gasteiger charge is 2.32. The van der Waals surface area contributed by atoms with Crippen LogP contribution in [0.15, 0.2) is 12.1 Å². The van der Waals surface area contributed by atoms with Gasteiger partial charge in [0.25, 0.3) is 0 Å². The molecule has 116 valence electrons. The normalized spacial score (nSPS) is 18.6. The Morgan fingerprint density at radius 2 is 2.24 bits per heavy atom. The zero-order chi connectivity index (χ0) is 15.5. The quantitative estimate of drug-likeness (QED) is 0.902. The summed E-state index contributed by atoms with van der Waals surface area (Å²) in [6.45, 7) is 2.47. The number of amides is 2. The summed E-state index contributed by atoms with van der Waals surface area (Å²) in [4.78, 5) is 15.1. The summed E-state index contributed by atoms with van der Waals surface area (Å²) in [5.74, 6) is 0. The predicted molar refractivity (Wildman–Crippen MR) is 70.0 cm³/mol. The van der Waals surface area contributed by atoms with Crippen LogP contribution in [0.5, 0.6) is 0 Å². The Morgan fingerprint density at radius 3 is 2.81 bits per heavy atom. The first kappa shape index (κ1) is 15.6. The first-order chi connectivity index (χ1) is 9.86. The monoisotopic (exact) mass is 303 g/mol. The molecule has 1 fully saturated rings. The SMILES string of the molecule is Cc1nc(C(F)(F)F)ccc1NC(=O)NC[C@H]1CCCO1. The summed E-state index contributed by atoms with van der Waals surface area (Å²) < 4.78 is 42.8. The van der Waals surface area contributed by atoms with E-state index in [0.717, 1.165) is 18.9 Å². The Kier molecular flexibility index (Phi) is 4.66. The van der Waals surface area contributed by atoms with Crippen LogP contribution in [0.2, 0.25) is 0 Å². The molecule has 1 aromatic rings. The third kappa shape index (κ3) is 4.32. The molecule has 2 N–H and O–H groups in total. The molecular weight excluding hydrogens is 287 g/mol. The first-order valence-corrected chi connectivity index (χ1v) is 6.57. The predicted octanol–water partition coefficient (Wildman–Crippen LogP) is 2.71. The fraction of sp³-hybridized carbons (Fsp3) is 0.538. The Morgan fingerprint density at radius 1 is 1.48 bits per heavy atom. The number of rotatable bonds is 3. The molecular formula is C13H16F3N3O2. The van der Waals surface area contributed by atoms with Crippen molar-refractivity contribution in [1.82, 2.24) is 10.3 Å². The third-order valence-corrected chi connectivity index (χ3v) is 3.14. The number of urea groups is 1. The molecule has 2 amide bonds. The molecule has 8 heteroatoms. The topological polar surface area (TPSA) is 63.2 Å². The van der Waals surface area contributed by atoms with Gasteiger partial charge in [-0.1, -0.05) is 0 Å². The van der Waals surface area contributed by atoms with Crippen LogP contribution in [0, 0.1) is 6.92 Å². The second kappa shape index (κ2) is 6.30. The minimum absolute atomic E-state index is 0.00239. The number of anilines is 1. The van der Waals surface area contributed by atoms with E-state index in [1.807, 2.05) is 0 Å². The summed E-state index contributed by atoms with van der Waals surface area (Å²) in [7, 11) is 0. The van der Waals surface area contributed by atoms with Gasteiger partial charge >= 0.3 is 12.2 Å². The number of carbonyl (C=O) groups excluding carboxylic acids is 1. The number of aryl methyl sites for hydroxylation is 1. The number of pyridine rings is 1. The number of carbonyl (C=O) groups is 1. The van der Waals surface area contributed by atoms with Crippen molar-refractivity contribution < 1.29 is 22.7 Å². The minimum atomic E-state index is -4.49. The van der Waals surface area contributed by atoms with E-state index in [-0.39, 0.29) is 17.5 Å². The molecule has 21 heavy (non-hydrogen) atoms. The van der Waals surface area contributed by atoms with Crippen LogP contribution >= 0.6 is 0 Å². The number of ether oxygens (including phenoxy) is 1. The van der Waals surface area contributed by atoms with Crippen LogP contribution in [0.25, 0.3) is 0 Å². The second-order valence-corrected chi connectivity index (χ2v) is 4.80. The first-order valence-electron chi connectivity index (χ1n) is 6.57. The fourth-order valence-electron chi connectivity index (χ4n) is 2.03. The molecule has 0 spiro atoms. The van der Waals surface area contributed by atoms with Gasteiger partial charge in [-0.3, -0.25) is 0 Å². The van der Waals surface area contributed by atoms with Crippen LogP contribution in [-0.2, 0) is 10.9 Å². The fourth-order valence-corrected chi connectivity index (χ4v) is 2.03. The number of hydrogen-bond donors (Lipinski definition) is 2. The van der Waals surface area contributed by atoms with E-state index < -0.39 is 17.9 Å². The average molecular weight is 303 g/mol. The molecule has 0 unspecified atom stereocenters. The van der Waals surface area contributed by atoms with Gasteiger partial charge in [0.05, 0.1) is 17.5 Å². The number of nitrogens with zero attached hydrogens (tertiary/aromatic N) is 1. The molecule has 2 heterocycles. The Bertz CT molecular complexity index is 514. The molecule has 1 atom stereocenters. The lowest BCUT2D eigenvalue weighted by molar-refractivity contribution is -0.141. The van der Waals surface area contributed by atoms with Crippen LogP contribution in [0.1, 0.15) is 24.2 Å². The molecule has 1 aromatic heterocycles. The van der Waals surface area contributed by atoms with Crippen molar-refractivity contribution in [3.63, 3.8) is 0 Å². The highest BCUT2D eigenvalue weighted by molar-refractivity contribution is 5.89. The maximum absolute atomic E-state index is 12.5. The van der Waals surface area contributed by atoms with Gasteiger partial charge in [-0.2, -0.15) is 13.2 Å². The summed E-state index contributed by atoms with van der Waals surface area (Å²) in [6, 6.07) is 1.54. The van der Waals surface area contributed by atoms with E-state index >= 15 is 0 Å². The number of alkyl halides is 3. The van der Waals surface area contributed by atoms with Gasteiger partial charge in [0.1, 0.15) is 5.69 Å². The highest BCUT2D eigenvalue weighted by Crippen LogP contribution is 2.29. The van der Waals surface area contributed by atoms with Gasteiger partial charge in [-0.25, -0.2) is 9.78 Å². The second-order valence-electron chi connectivity index (χ2n) is 4.80. The van der Waals surface area contributed by atoms with E-state index in [1.54, 1.807) is 0 Å². The van der Waals surface area contributed by atoms with E-state index in [4.69, 9.17) is 4.74 Å². The maximum atomic E-state index is 12.5. The van der Waals surface area contributed by atoms with Gasteiger partial charge < -0.3 is 15.4 Å². The lowest BCUT2D eigenvalue weighted by atomic mass is 10.2. The molecule has 0 saturated carbocycles. The lowest BCUT2D eigenvalue weighted by Gasteiger charge is -2.13. The molecule has 1 saturated heterocycles. The third-order valence-electron chi connectivity index (χ3n) is 3.14. The van der Waals surface area contributed by atoms with Crippen molar-refractivity contribution in [3.05, 3.63) is 23.5 Å². The van der Waals surface area contributed by atoms with Crippen molar-refractivity contribution in [2.75, 3.05) is 18.5 Å². The van der Waals surface area contributed by atoms with E-state index in [2.05, 4.69) is 15.6 Å². The van der Waals surface area contributed by atoms with Gasteiger partial charge in [0.15, 0.2) is 0 Å². The molecule has 2 rings (SSSR count). The number of halogens is 3. The number of aromatic nitrogens is 1. The largest absolute Gasteiger partial charge is 0.433 e. The Labute approximate surface area is 119 Å². The van der Waals surface area contributed by atoms with Gasteiger partial charge in [-0.15, -0.1) is 0 Å². The smallest absolute Gasteiger partial charge is 0.376 e. The number of hydrogen-bond acceptors (Lipinski definition) is 3. The maximum Gasteiger partial charge on any atom is 0.433 e. The van der Waals surface area contributed by atoms with E-state index in [1.165, 1.54) is 13.0 Å². The van der Waals surface area contributed by atoms with Gasteiger partial charge in [0.2, 0.25) is 0 Å². The van der Waals surface area contributed by atoms with Crippen molar-refractivity contribution in [2.45, 2.75) is 32.0 Å². The highest BCUT2D eigenvalue weighted by atomic mass is 19.4. The Hall–Kier alpha value is -1.83. The molecule has 0 bridgehead atoms. The van der Waals surface area contributed by atoms with Gasteiger partial charge in [-0.05, 0) is 31.9 Å². The van der Waals surface area contributed by atoms with E-state index in [9.17, 15) is 18.0 Å². The summed E-state index contributed by atoms with van der Waals surface area (Å²) in [6.07, 6.45) is -2.63. The minimum Gasteiger partial charge on any atom is -0.376 e. The van der Waals surface area contributed by atoms with Crippen LogP contribution in [-0.4, -0.2) is 30.3 Å². The molecule has 1 aliphatic rings. The summed E-state index contributed by atoms with van der Waals surface area (Å²) >= 11 is 0. The molecule has 1 aliphatic heterocycles. The Balaban J connectivity index is 1.91. The van der Waals surface area contributed by atoms with Crippen molar-refractivity contribution in [2.24, 2.45) is 0 Å². The van der Waals surface area contributed by atoms with Crippen LogP contribution in [0.4, 0.5) is 23.7 Å². The molecule has 0 radical (unpaired) electrons. The van der Waals surface area contributed by atoms with Gasteiger partial charge in [0, 0.05) is 13.2 Å². The van der Waals surface area contributed by atoms with E-state index in [0.29, 0.717) is 13.2 Å². The van der Waals surface area contributed by atoms with Crippen LogP contribution in [0.3, 0.4) is 0 Å². The summed E-state index contributed by atoms with van der Waals surface area (Å²) in [5.41, 5.74) is -0.629.